The van der Waals surface area contributed by atoms with Gasteiger partial charge in [-0.25, -0.2) is 4.98 Å². The van der Waals surface area contributed by atoms with Crippen molar-refractivity contribution in [1.82, 2.24) is 10.3 Å². The molecule has 0 saturated carbocycles. The number of para-hydroxylation sites is 1. The molecule has 108 valence electrons. The molecule has 0 aliphatic rings. The summed E-state index contributed by atoms with van der Waals surface area (Å²) in [4.78, 5) is 4.76. The number of aromatic nitrogens is 1. The zero-order valence-corrected chi connectivity index (χ0v) is 13.1. The van der Waals surface area contributed by atoms with Gasteiger partial charge in [0, 0.05) is 17.2 Å². The van der Waals surface area contributed by atoms with Gasteiger partial charge in [-0.05, 0) is 31.2 Å². The molecule has 2 rings (SSSR count). The maximum atomic E-state index is 9.70. The first-order valence-corrected chi connectivity index (χ1v) is 7.94. The highest BCUT2D eigenvalue weighted by Gasteiger charge is 2.15. The minimum atomic E-state index is -0.347. The summed E-state index contributed by atoms with van der Waals surface area (Å²) >= 11 is 1.64. The molecule has 0 aliphatic carbocycles. The Morgan fingerprint density at radius 1 is 1.30 bits per heavy atom. The van der Waals surface area contributed by atoms with Gasteiger partial charge < -0.3 is 10.4 Å². The molecule has 2 unspecified atom stereocenters. The molecule has 2 N–H and O–H groups in total. The molecule has 0 radical (unpaired) electrons. The number of pyridine rings is 1. The highest BCUT2D eigenvalue weighted by Crippen LogP contribution is 2.29. The van der Waals surface area contributed by atoms with Gasteiger partial charge in [0.05, 0.1) is 11.6 Å². The Morgan fingerprint density at radius 2 is 2.05 bits per heavy atom. The first-order valence-electron chi connectivity index (χ1n) is 7.06. The molecule has 1 aromatic carbocycles. The Hall–Kier alpha value is -1.10. The zero-order chi connectivity index (χ0) is 14.5. The predicted octanol–water partition coefficient (Wildman–Crippen LogP) is 3.21. The van der Waals surface area contributed by atoms with Crippen molar-refractivity contribution in [2.24, 2.45) is 0 Å². The molecule has 0 saturated heterocycles. The monoisotopic (exact) mass is 290 g/mol. The lowest BCUT2D eigenvalue weighted by atomic mass is 10.1. The topological polar surface area (TPSA) is 45.2 Å². The molecule has 2 atom stereocenters. The lowest BCUT2D eigenvalue weighted by Crippen LogP contribution is -2.17. The summed E-state index contributed by atoms with van der Waals surface area (Å²) in [6, 6.07) is 10.4. The maximum absolute atomic E-state index is 9.70. The van der Waals surface area contributed by atoms with E-state index in [1.54, 1.807) is 11.8 Å². The van der Waals surface area contributed by atoms with E-state index in [-0.39, 0.29) is 11.4 Å². The van der Waals surface area contributed by atoms with Crippen LogP contribution in [0.1, 0.15) is 26.3 Å². The van der Waals surface area contributed by atoms with Gasteiger partial charge in [-0.1, -0.05) is 32.0 Å². The molecule has 4 heteroatoms. The molecule has 0 spiro atoms. The van der Waals surface area contributed by atoms with Crippen LogP contribution in [-0.4, -0.2) is 28.0 Å². The molecular weight excluding hydrogens is 268 g/mol. The van der Waals surface area contributed by atoms with Crippen LogP contribution in [0, 0.1) is 0 Å². The molecule has 1 aromatic heterocycles. The van der Waals surface area contributed by atoms with E-state index in [4.69, 9.17) is 4.98 Å². The molecule has 0 bridgehead atoms. The first-order chi connectivity index (χ1) is 9.61. The number of hydrogen-bond acceptors (Lipinski definition) is 4. The number of fused-ring (bicyclic) bond motifs is 1. The number of aliphatic hydroxyl groups excluding tert-OH is 1. The SMILES string of the molecule is CCNCc1cc2ccccc2nc1SC(C)C(C)O. The second kappa shape index (κ2) is 7.07. The van der Waals surface area contributed by atoms with E-state index >= 15 is 0 Å². The van der Waals surface area contributed by atoms with Gasteiger partial charge in [-0.2, -0.15) is 0 Å². The molecule has 20 heavy (non-hydrogen) atoms. The third-order valence-electron chi connectivity index (χ3n) is 3.31. The smallest absolute Gasteiger partial charge is 0.102 e. The van der Waals surface area contributed by atoms with Crippen molar-refractivity contribution in [3.05, 3.63) is 35.9 Å². The van der Waals surface area contributed by atoms with Crippen LogP contribution in [0.4, 0.5) is 0 Å². The number of nitrogens with one attached hydrogen (secondary N) is 1. The first kappa shape index (κ1) is 15.3. The number of aliphatic hydroxyl groups is 1. The van der Waals surface area contributed by atoms with Crippen LogP contribution in [0.25, 0.3) is 10.9 Å². The molecule has 0 amide bonds. The van der Waals surface area contributed by atoms with Crippen LogP contribution in [0.3, 0.4) is 0 Å². The molecule has 1 heterocycles. The summed E-state index contributed by atoms with van der Waals surface area (Å²) in [7, 11) is 0. The van der Waals surface area contributed by atoms with Gasteiger partial charge in [0.2, 0.25) is 0 Å². The van der Waals surface area contributed by atoms with Crippen molar-refractivity contribution >= 4 is 22.7 Å². The zero-order valence-electron chi connectivity index (χ0n) is 12.3. The van der Waals surface area contributed by atoms with Crippen LogP contribution in [-0.2, 0) is 6.54 Å². The number of hydrogen-bond donors (Lipinski definition) is 2. The van der Waals surface area contributed by atoms with Crippen LogP contribution in [0.15, 0.2) is 35.4 Å². The average molecular weight is 290 g/mol. The molecule has 2 aromatic rings. The van der Waals surface area contributed by atoms with Crippen LogP contribution >= 0.6 is 11.8 Å². The van der Waals surface area contributed by atoms with Gasteiger partial charge in [0.25, 0.3) is 0 Å². The Morgan fingerprint density at radius 3 is 2.75 bits per heavy atom. The van der Waals surface area contributed by atoms with Crippen molar-refractivity contribution in [3.8, 4) is 0 Å². The van der Waals surface area contributed by atoms with Gasteiger partial charge in [-0.3, -0.25) is 0 Å². The van der Waals surface area contributed by atoms with Crippen molar-refractivity contribution in [2.75, 3.05) is 6.54 Å². The fourth-order valence-corrected chi connectivity index (χ4v) is 2.89. The lowest BCUT2D eigenvalue weighted by molar-refractivity contribution is 0.196. The molecule has 3 nitrogen and oxygen atoms in total. The van der Waals surface area contributed by atoms with Gasteiger partial charge in [0.1, 0.15) is 5.03 Å². The van der Waals surface area contributed by atoms with Crippen LogP contribution in [0.2, 0.25) is 0 Å². The molecule has 0 fully saturated rings. The van der Waals surface area contributed by atoms with Gasteiger partial charge >= 0.3 is 0 Å². The summed E-state index contributed by atoms with van der Waals surface area (Å²) in [6.45, 7) is 7.69. The van der Waals surface area contributed by atoms with Crippen molar-refractivity contribution in [1.29, 1.82) is 0 Å². The predicted molar refractivity (Wildman–Crippen MR) is 86.1 cm³/mol. The fraction of sp³-hybridized carbons (Fsp3) is 0.438. The number of thioether (sulfide) groups is 1. The molecule has 0 aliphatic heterocycles. The quantitative estimate of drug-likeness (QED) is 0.802. The summed E-state index contributed by atoms with van der Waals surface area (Å²) in [5.74, 6) is 0. The third-order valence-corrected chi connectivity index (χ3v) is 4.65. The highest BCUT2D eigenvalue weighted by molar-refractivity contribution is 7.99. The van der Waals surface area contributed by atoms with E-state index in [1.165, 1.54) is 5.56 Å². The Balaban J connectivity index is 2.37. The summed E-state index contributed by atoms with van der Waals surface area (Å²) in [5.41, 5.74) is 2.20. The standard InChI is InChI=1S/C16H22N2OS/c1-4-17-10-14-9-13-7-5-6-8-15(13)18-16(14)20-12(3)11(2)19/h5-9,11-12,17,19H,4,10H2,1-3H3. The van der Waals surface area contributed by atoms with E-state index in [0.29, 0.717) is 0 Å². The summed E-state index contributed by atoms with van der Waals surface area (Å²) < 4.78 is 0. The second-order valence-electron chi connectivity index (χ2n) is 4.99. The molecular formula is C16H22N2OS. The Labute approximate surface area is 124 Å². The largest absolute Gasteiger partial charge is 0.392 e. The van der Waals surface area contributed by atoms with E-state index in [1.807, 2.05) is 32.0 Å². The normalized spacial score (nSPS) is 14.4. The minimum absolute atomic E-state index is 0.129. The summed E-state index contributed by atoms with van der Waals surface area (Å²) in [6.07, 6.45) is -0.347. The van der Waals surface area contributed by atoms with Gasteiger partial charge in [-0.15, -0.1) is 11.8 Å². The number of rotatable bonds is 6. The number of nitrogens with zero attached hydrogens (tertiary/aromatic N) is 1. The van der Waals surface area contributed by atoms with Crippen LogP contribution < -0.4 is 5.32 Å². The third kappa shape index (κ3) is 3.72. The second-order valence-corrected chi connectivity index (χ2v) is 6.36. The van der Waals surface area contributed by atoms with E-state index < -0.39 is 0 Å². The van der Waals surface area contributed by atoms with Gasteiger partial charge in [0.15, 0.2) is 0 Å². The van der Waals surface area contributed by atoms with E-state index in [9.17, 15) is 5.11 Å². The highest BCUT2D eigenvalue weighted by atomic mass is 32.2. The maximum Gasteiger partial charge on any atom is 0.102 e. The van der Waals surface area contributed by atoms with Crippen LogP contribution in [0.5, 0.6) is 0 Å². The Bertz CT molecular complexity index is 571. The van der Waals surface area contributed by atoms with E-state index in [2.05, 4.69) is 24.4 Å². The van der Waals surface area contributed by atoms with Crippen molar-refractivity contribution in [3.63, 3.8) is 0 Å². The van der Waals surface area contributed by atoms with Crippen molar-refractivity contribution < 1.29 is 5.11 Å². The fourth-order valence-electron chi connectivity index (χ4n) is 1.90. The van der Waals surface area contributed by atoms with E-state index in [0.717, 1.165) is 29.0 Å². The average Bonchev–Trinajstić information content (AvgIpc) is 2.44. The Kier molecular flexibility index (Phi) is 5.40. The minimum Gasteiger partial charge on any atom is -0.392 e. The number of benzene rings is 1. The lowest BCUT2D eigenvalue weighted by Gasteiger charge is -2.17. The van der Waals surface area contributed by atoms with Crippen molar-refractivity contribution in [2.45, 2.75) is 43.7 Å². The summed E-state index contributed by atoms with van der Waals surface area (Å²) in [5, 5.41) is 15.4.